The van der Waals surface area contributed by atoms with Crippen LogP contribution < -0.4 is 5.32 Å². The van der Waals surface area contributed by atoms with E-state index in [1.54, 1.807) is 6.92 Å². The monoisotopic (exact) mass is 367 g/mol. The molecule has 24 heavy (non-hydrogen) atoms. The SMILES string of the molecule is C[C@@H](Sc1nnc(-c2ccccc2)o1)C(=O)N[C@H]1CCS(=O)(=O)C1. The number of nitrogens with one attached hydrogen (secondary N) is 1. The first-order valence-corrected chi connectivity index (χ1v) is 10.2. The Morgan fingerprint density at radius 3 is 2.75 bits per heavy atom. The lowest BCUT2D eigenvalue weighted by Crippen LogP contribution is -2.39. The van der Waals surface area contributed by atoms with E-state index in [0.717, 1.165) is 17.3 Å². The lowest BCUT2D eigenvalue weighted by molar-refractivity contribution is -0.120. The summed E-state index contributed by atoms with van der Waals surface area (Å²) in [5.41, 5.74) is 0.810. The molecule has 7 nitrogen and oxygen atoms in total. The minimum atomic E-state index is -3.02. The Hall–Kier alpha value is -1.87. The molecule has 0 aliphatic carbocycles. The number of rotatable bonds is 5. The number of thioether (sulfide) groups is 1. The molecule has 1 aromatic carbocycles. The van der Waals surface area contributed by atoms with Gasteiger partial charge >= 0.3 is 0 Å². The minimum absolute atomic E-state index is 0.00877. The van der Waals surface area contributed by atoms with Crippen LogP contribution in [0.5, 0.6) is 0 Å². The molecule has 1 saturated heterocycles. The minimum Gasteiger partial charge on any atom is -0.411 e. The van der Waals surface area contributed by atoms with Crippen molar-refractivity contribution in [3.05, 3.63) is 30.3 Å². The third-order valence-corrected chi connectivity index (χ3v) is 6.36. The normalized spacial score (nSPS) is 20.6. The lowest BCUT2D eigenvalue weighted by atomic mass is 10.2. The van der Waals surface area contributed by atoms with E-state index in [-0.39, 0.29) is 23.5 Å². The van der Waals surface area contributed by atoms with Crippen LogP contribution in [0.25, 0.3) is 11.5 Å². The molecule has 128 valence electrons. The van der Waals surface area contributed by atoms with Crippen molar-refractivity contribution in [3.63, 3.8) is 0 Å². The number of aromatic nitrogens is 2. The molecule has 2 heterocycles. The van der Waals surface area contributed by atoms with E-state index in [1.807, 2.05) is 30.3 Å². The highest BCUT2D eigenvalue weighted by Gasteiger charge is 2.30. The van der Waals surface area contributed by atoms with Crippen LogP contribution in [0, 0.1) is 0 Å². The first kappa shape index (κ1) is 17.0. The number of hydrogen-bond donors (Lipinski definition) is 1. The van der Waals surface area contributed by atoms with Crippen LogP contribution in [0.4, 0.5) is 0 Å². The second-order valence-electron chi connectivity index (χ2n) is 5.61. The third-order valence-electron chi connectivity index (χ3n) is 3.65. The van der Waals surface area contributed by atoms with E-state index in [1.165, 1.54) is 0 Å². The van der Waals surface area contributed by atoms with Gasteiger partial charge in [0.2, 0.25) is 11.8 Å². The van der Waals surface area contributed by atoms with Crippen LogP contribution in [-0.4, -0.2) is 47.3 Å². The second kappa shape index (κ2) is 6.94. The average Bonchev–Trinajstić information content (AvgIpc) is 3.14. The van der Waals surface area contributed by atoms with Crippen molar-refractivity contribution in [2.45, 2.75) is 29.9 Å². The van der Waals surface area contributed by atoms with Crippen molar-refractivity contribution in [1.82, 2.24) is 15.5 Å². The van der Waals surface area contributed by atoms with E-state index in [9.17, 15) is 13.2 Å². The molecule has 0 unspecified atom stereocenters. The van der Waals surface area contributed by atoms with Crippen molar-refractivity contribution >= 4 is 27.5 Å². The number of amides is 1. The molecule has 1 amide bonds. The van der Waals surface area contributed by atoms with Crippen molar-refractivity contribution < 1.29 is 17.6 Å². The molecular formula is C15H17N3O4S2. The van der Waals surface area contributed by atoms with Gasteiger partial charge in [-0.1, -0.05) is 30.0 Å². The summed E-state index contributed by atoms with van der Waals surface area (Å²) >= 11 is 1.15. The largest absolute Gasteiger partial charge is 0.411 e. The molecule has 0 spiro atoms. The predicted octanol–water partition coefficient (Wildman–Crippen LogP) is 1.52. The zero-order valence-electron chi connectivity index (χ0n) is 13.0. The molecule has 1 N–H and O–H groups in total. The summed E-state index contributed by atoms with van der Waals surface area (Å²) in [7, 11) is -3.02. The number of carbonyl (C=O) groups excluding carboxylic acids is 1. The van der Waals surface area contributed by atoms with E-state index >= 15 is 0 Å². The zero-order chi connectivity index (χ0) is 17.2. The van der Waals surface area contributed by atoms with Crippen LogP contribution >= 0.6 is 11.8 Å². The van der Waals surface area contributed by atoms with Gasteiger partial charge in [-0.3, -0.25) is 4.79 Å². The number of carbonyl (C=O) groups is 1. The Kier molecular flexibility index (Phi) is 4.91. The summed E-state index contributed by atoms with van der Waals surface area (Å²) in [5.74, 6) is 0.299. The van der Waals surface area contributed by atoms with Gasteiger partial charge in [0.1, 0.15) is 0 Å². The summed E-state index contributed by atoms with van der Waals surface area (Å²) in [6.45, 7) is 1.72. The second-order valence-corrected chi connectivity index (χ2v) is 9.13. The zero-order valence-corrected chi connectivity index (χ0v) is 14.6. The molecule has 3 rings (SSSR count). The van der Waals surface area contributed by atoms with Crippen LogP contribution in [0.15, 0.2) is 40.0 Å². The maximum atomic E-state index is 12.2. The van der Waals surface area contributed by atoms with Gasteiger partial charge in [0, 0.05) is 11.6 Å². The molecule has 1 aromatic heterocycles. The molecule has 2 aromatic rings. The third kappa shape index (κ3) is 4.15. The van der Waals surface area contributed by atoms with Crippen molar-refractivity contribution in [3.8, 4) is 11.5 Å². The Morgan fingerprint density at radius 2 is 2.08 bits per heavy atom. The maximum absolute atomic E-state index is 12.2. The maximum Gasteiger partial charge on any atom is 0.277 e. The predicted molar refractivity (Wildman–Crippen MR) is 90.3 cm³/mol. The van der Waals surface area contributed by atoms with Crippen LogP contribution in [0.3, 0.4) is 0 Å². The fourth-order valence-corrected chi connectivity index (χ4v) is 4.75. The Labute approximate surface area is 144 Å². The molecule has 0 bridgehead atoms. The summed E-state index contributed by atoms with van der Waals surface area (Å²) in [6, 6.07) is 9.05. The highest BCUT2D eigenvalue weighted by atomic mass is 32.2. The van der Waals surface area contributed by atoms with Gasteiger partial charge in [-0.2, -0.15) is 0 Å². The fourth-order valence-electron chi connectivity index (χ4n) is 2.39. The number of hydrogen-bond acceptors (Lipinski definition) is 7. The number of benzene rings is 1. The summed E-state index contributed by atoms with van der Waals surface area (Å²) < 4.78 is 28.4. The lowest BCUT2D eigenvalue weighted by Gasteiger charge is -2.14. The Balaban J connectivity index is 1.58. The fraction of sp³-hybridized carbons (Fsp3) is 0.400. The average molecular weight is 367 g/mol. The summed E-state index contributed by atoms with van der Waals surface area (Å²) in [5, 5.41) is 10.5. The first-order chi connectivity index (χ1) is 11.4. The standard InChI is InChI=1S/C15H17N3O4S2/c1-10(13(19)16-12-7-8-24(20,21)9-12)23-15-18-17-14(22-15)11-5-3-2-4-6-11/h2-6,10,12H,7-9H2,1H3,(H,16,19)/t10-,12+/m1/s1. The highest BCUT2D eigenvalue weighted by Crippen LogP contribution is 2.26. The van der Waals surface area contributed by atoms with Gasteiger partial charge in [0.15, 0.2) is 9.84 Å². The Bertz CT molecular complexity index is 820. The van der Waals surface area contributed by atoms with Gasteiger partial charge in [-0.05, 0) is 25.5 Å². The van der Waals surface area contributed by atoms with Gasteiger partial charge in [0.05, 0.1) is 16.8 Å². The summed E-state index contributed by atoms with van der Waals surface area (Å²) in [4.78, 5) is 12.2. The molecule has 1 fully saturated rings. The van der Waals surface area contributed by atoms with Gasteiger partial charge in [-0.25, -0.2) is 8.42 Å². The Morgan fingerprint density at radius 1 is 1.33 bits per heavy atom. The summed E-state index contributed by atoms with van der Waals surface area (Å²) in [6.07, 6.45) is 0.462. The van der Waals surface area contributed by atoms with E-state index < -0.39 is 15.1 Å². The number of nitrogens with zero attached hydrogens (tertiary/aromatic N) is 2. The molecule has 1 aliphatic heterocycles. The van der Waals surface area contributed by atoms with E-state index in [4.69, 9.17) is 4.42 Å². The van der Waals surface area contributed by atoms with Gasteiger partial charge in [-0.15, -0.1) is 10.2 Å². The molecule has 2 atom stereocenters. The van der Waals surface area contributed by atoms with Crippen molar-refractivity contribution in [2.24, 2.45) is 0 Å². The topological polar surface area (TPSA) is 102 Å². The molecule has 0 saturated carbocycles. The van der Waals surface area contributed by atoms with Crippen molar-refractivity contribution in [1.29, 1.82) is 0 Å². The van der Waals surface area contributed by atoms with Crippen LogP contribution in [0.2, 0.25) is 0 Å². The molecule has 1 aliphatic rings. The number of sulfone groups is 1. The van der Waals surface area contributed by atoms with Gasteiger partial charge in [0.25, 0.3) is 5.22 Å². The van der Waals surface area contributed by atoms with Gasteiger partial charge < -0.3 is 9.73 Å². The quantitative estimate of drug-likeness (QED) is 0.799. The van der Waals surface area contributed by atoms with Crippen LogP contribution in [0.1, 0.15) is 13.3 Å². The highest BCUT2D eigenvalue weighted by molar-refractivity contribution is 8.00. The van der Waals surface area contributed by atoms with E-state index in [2.05, 4.69) is 15.5 Å². The molecule has 9 heteroatoms. The smallest absolute Gasteiger partial charge is 0.277 e. The van der Waals surface area contributed by atoms with Crippen LogP contribution in [-0.2, 0) is 14.6 Å². The first-order valence-electron chi connectivity index (χ1n) is 7.49. The molecular weight excluding hydrogens is 350 g/mol. The van der Waals surface area contributed by atoms with Crippen molar-refractivity contribution in [2.75, 3.05) is 11.5 Å². The van der Waals surface area contributed by atoms with E-state index in [0.29, 0.717) is 17.5 Å². The molecule has 0 radical (unpaired) electrons.